The summed E-state index contributed by atoms with van der Waals surface area (Å²) in [5.41, 5.74) is 2.09. The largest absolute Gasteiger partial charge is 0.407 e. The quantitative estimate of drug-likeness (QED) is 0.346. The first-order valence-electron chi connectivity index (χ1n) is 10.6. The Balaban J connectivity index is 1.47. The second-order valence-electron chi connectivity index (χ2n) is 7.80. The van der Waals surface area contributed by atoms with Gasteiger partial charge < -0.3 is 9.32 Å². The summed E-state index contributed by atoms with van der Waals surface area (Å²) in [5.74, 6) is 0.737. The lowest BCUT2D eigenvalue weighted by Gasteiger charge is -2.28. The van der Waals surface area contributed by atoms with Gasteiger partial charge in [-0.25, -0.2) is 8.42 Å². The summed E-state index contributed by atoms with van der Waals surface area (Å²) in [5, 5.41) is 11.2. The predicted octanol–water partition coefficient (Wildman–Crippen LogP) is 2.58. The molecule has 9 nitrogen and oxygen atoms in total. The zero-order chi connectivity index (χ0) is 23.4. The number of aliphatic imine (C=N–C) groups is 1. The Labute approximate surface area is 192 Å². The molecule has 1 N–H and O–H groups in total. The van der Waals surface area contributed by atoms with Crippen molar-refractivity contribution in [3.8, 4) is 0 Å². The molecule has 0 saturated carbocycles. The van der Waals surface area contributed by atoms with Crippen LogP contribution in [0.5, 0.6) is 0 Å². The molecule has 4 rings (SSSR count). The number of nitrogens with one attached hydrogen (secondary N) is 1. The van der Waals surface area contributed by atoms with Crippen molar-refractivity contribution in [1.29, 1.82) is 0 Å². The van der Waals surface area contributed by atoms with Crippen molar-refractivity contribution in [1.82, 2.24) is 15.1 Å². The van der Waals surface area contributed by atoms with Gasteiger partial charge in [-0.2, -0.15) is 0 Å². The third-order valence-electron chi connectivity index (χ3n) is 5.57. The number of nitrogens with zero attached hydrogens (tertiary/aromatic N) is 4. The number of benzene rings is 2. The molecule has 1 atom stereocenters. The smallest absolute Gasteiger partial charge is 0.322 e. The molecule has 33 heavy (non-hydrogen) atoms. The average molecular weight is 468 g/mol. The van der Waals surface area contributed by atoms with Gasteiger partial charge in [-0.15, -0.1) is 5.10 Å². The van der Waals surface area contributed by atoms with Gasteiger partial charge in [-0.1, -0.05) is 53.6 Å². The van der Waals surface area contributed by atoms with Crippen LogP contribution in [0.2, 0.25) is 0 Å². The maximum Gasteiger partial charge on any atom is 0.322 e. The first-order valence-corrected chi connectivity index (χ1v) is 12.4. The summed E-state index contributed by atoms with van der Waals surface area (Å²) in [4.78, 5) is 18.8. The van der Waals surface area contributed by atoms with Crippen LogP contribution in [-0.4, -0.2) is 66.9 Å². The Hall–Kier alpha value is -3.53. The summed E-state index contributed by atoms with van der Waals surface area (Å²) < 4.78 is 29.2. The number of rotatable bonds is 5. The van der Waals surface area contributed by atoms with Crippen LogP contribution in [0.3, 0.4) is 0 Å². The Kier molecular flexibility index (Phi) is 6.55. The topological polar surface area (TPSA) is 118 Å². The summed E-state index contributed by atoms with van der Waals surface area (Å²) in [7, 11) is -1.38. The van der Waals surface area contributed by atoms with Gasteiger partial charge in [0, 0.05) is 31.3 Å². The van der Waals surface area contributed by atoms with Crippen molar-refractivity contribution >= 4 is 27.6 Å². The fourth-order valence-corrected chi connectivity index (χ4v) is 4.81. The van der Waals surface area contributed by atoms with Crippen molar-refractivity contribution < 1.29 is 17.6 Å². The van der Waals surface area contributed by atoms with E-state index >= 15 is 0 Å². The molecule has 10 heteroatoms. The first-order chi connectivity index (χ1) is 15.9. The number of sulfone groups is 1. The van der Waals surface area contributed by atoms with Gasteiger partial charge in [0.15, 0.2) is 15.6 Å². The zero-order valence-corrected chi connectivity index (χ0v) is 19.2. The zero-order valence-electron chi connectivity index (χ0n) is 18.4. The van der Waals surface area contributed by atoms with E-state index in [1.165, 1.54) is 0 Å². The number of aromatic nitrogens is 2. The first kappa shape index (κ1) is 22.7. The molecule has 1 unspecified atom stereocenters. The molecule has 1 aromatic heterocycles. The van der Waals surface area contributed by atoms with Gasteiger partial charge in [0.25, 0.3) is 0 Å². The molecular weight excluding hydrogens is 442 g/mol. The second kappa shape index (κ2) is 9.53. The maximum absolute atomic E-state index is 12.8. The highest BCUT2D eigenvalue weighted by Gasteiger charge is 2.25. The van der Waals surface area contributed by atoms with Crippen LogP contribution in [0, 0.1) is 0 Å². The normalized spacial score (nSPS) is 16.9. The number of hydrogen-bond donors (Lipinski definition) is 1. The minimum atomic E-state index is -3.00. The lowest BCUT2D eigenvalue weighted by molar-refractivity contribution is 0.103. The van der Waals surface area contributed by atoms with Gasteiger partial charge in [0.05, 0.1) is 17.4 Å². The molecule has 2 aromatic carbocycles. The van der Waals surface area contributed by atoms with E-state index in [1.807, 2.05) is 48.2 Å². The third-order valence-corrected chi connectivity index (χ3v) is 7.18. The van der Waals surface area contributed by atoms with Gasteiger partial charge in [-0.05, 0) is 18.6 Å². The van der Waals surface area contributed by atoms with Crippen molar-refractivity contribution in [2.24, 2.45) is 4.99 Å². The Bertz CT molecular complexity index is 1260. The van der Waals surface area contributed by atoms with Crippen LogP contribution in [0.15, 0.2) is 64.0 Å². The van der Waals surface area contributed by atoms with E-state index < -0.39 is 9.84 Å². The van der Waals surface area contributed by atoms with Crippen LogP contribution < -0.4 is 5.32 Å². The fourth-order valence-electron chi connectivity index (χ4n) is 3.60. The van der Waals surface area contributed by atoms with Crippen LogP contribution in [0.25, 0.3) is 0 Å². The number of carbonyl (C=O) groups is 1. The minimum Gasteiger partial charge on any atom is -0.407 e. The van der Waals surface area contributed by atoms with E-state index in [4.69, 9.17) is 4.42 Å². The van der Waals surface area contributed by atoms with Gasteiger partial charge >= 0.3 is 6.01 Å². The Morgan fingerprint density at radius 3 is 2.45 bits per heavy atom. The van der Waals surface area contributed by atoms with E-state index in [1.54, 1.807) is 25.2 Å². The van der Waals surface area contributed by atoms with E-state index in [2.05, 4.69) is 20.5 Å². The van der Waals surface area contributed by atoms with E-state index in [9.17, 15) is 13.2 Å². The molecule has 2 heterocycles. The monoisotopic (exact) mass is 467 g/mol. The van der Waals surface area contributed by atoms with Crippen LogP contribution in [0.1, 0.15) is 40.2 Å². The standard InChI is InChI=1S/C23H25N5O4S/c1-16(18-9-6-10-19(15-18)20(29)17-7-4-3-5-8-17)21-26-27-23(32-21)25-22(24-2)28-11-13-33(30,31)14-12-28/h3-10,15-16H,11-14H2,1-2H3,(H,24,25,27). The lowest BCUT2D eigenvalue weighted by Crippen LogP contribution is -2.46. The molecule has 172 valence electrons. The molecule has 1 fully saturated rings. The lowest BCUT2D eigenvalue weighted by atomic mass is 9.96. The molecule has 1 aliphatic rings. The van der Waals surface area contributed by atoms with Crippen molar-refractivity contribution in [2.45, 2.75) is 12.8 Å². The van der Waals surface area contributed by atoms with Crippen molar-refractivity contribution in [2.75, 3.05) is 37.0 Å². The molecule has 0 aliphatic carbocycles. The molecule has 0 bridgehead atoms. The molecule has 3 aromatic rings. The van der Waals surface area contributed by atoms with Crippen LogP contribution in [-0.2, 0) is 9.84 Å². The second-order valence-corrected chi connectivity index (χ2v) is 10.1. The Morgan fingerprint density at radius 1 is 1.06 bits per heavy atom. The number of guanidine groups is 1. The third kappa shape index (κ3) is 5.28. The van der Waals surface area contributed by atoms with Gasteiger partial charge in [0.1, 0.15) is 0 Å². The highest BCUT2D eigenvalue weighted by Crippen LogP contribution is 2.26. The number of anilines is 1. The van der Waals surface area contributed by atoms with E-state index in [-0.39, 0.29) is 29.2 Å². The number of ketones is 1. The van der Waals surface area contributed by atoms with E-state index in [0.29, 0.717) is 36.1 Å². The molecule has 0 spiro atoms. The highest BCUT2D eigenvalue weighted by atomic mass is 32.2. The van der Waals surface area contributed by atoms with Crippen molar-refractivity contribution in [3.05, 3.63) is 77.2 Å². The van der Waals surface area contributed by atoms with Crippen LogP contribution >= 0.6 is 0 Å². The molecule has 0 radical (unpaired) electrons. The Morgan fingerprint density at radius 2 is 1.76 bits per heavy atom. The molecule has 1 aliphatic heterocycles. The highest BCUT2D eigenvalue weighted by molar-refractivity contribution is 7.91. The molecule has 1 saturated heterocycles. The fraction of sp³-hybridized carbons (Fsp3) is 0.304. The van der Waals surface area contributed by atoms with Crippen LogP contribution in [0.4, 0.5) is 6.01 Å². The maximum atomic E-state index is 12.8. The molecular formula is C23H25N5O4S. The number of carbonyl (C=O) groups excluding carboxylic acids is 1. The summed E-state index contributed by atoms with van der Waals surface area (Å²) in [6, 6.07) is 16.7. The average Bonchev–Trinajstić information content (AvgIpc) is 3.31. The SMILES string of the molecule is CN=C(Nc1nnc(C(C)c2cccc(C(=O)c3ccccc3)c2)o1)N1CCS(=O)(=O)CC1. The van der Waals surface area contributed by atoms with Gasteiger partial charge in [0.2, 0.25) is 11.9 Å². The molecule has 0 amide bonds. The predicted molar refractivity (Wildman–Crippen MR) is 125 cm³/mol. The summed E-state index contributed by atoms with van der Waals surface area (Å²) in [6.45, 7) is 2.62. The van der Waals surface area contributed by atoms with Gasteiger partial charge in [-0.3, -0.25) is 15.1 Å². The number of hydrogen-bond acceptors (Lipinski definition) is 7. The van der Waals surface area contributed by atoms with Crippen molar-refractivity contribution in [3.63, 3.8) is 0 Å². The minimum absolute atomic E-state index is 0.0510. The van der Waals surface area contributed by atoms with E-state index in [0.717, 1.165) is 5.56 Å². The summed E-state index contributed by atoms with van der Waals surface area (Å²) in [6.07, 6.45) is 0. The summed E-state index contributed by atoms with van der Waals surface area (Å²) >= 11 is 0.